The largest absolute Gasteiger partial charge is 0.393 e. The summed E-state index contributed by atoms with van der Waals surface area (Å²) < 4.78 is 33.3. The zero-order valence-electron chi connectivity index (χ0n) is 25.1. The van der Waals surface area contributed by atoms with Gasteiger partial charge < -0.3 is 20.6 Å². The van der Waals surface area contributed by atoms with E-state index in [9.17, 15) is 33.1 Å². The molecular weight excluding hydrogens is 542 g/mol. The van der Waals surface area contributed by atoms with E-state index in [0.717, 1.165) is 38.5 Å². The number of carbonyl (C=O) groups excluding carboxylic acids is 1. The zero-order valence-corrected chi connectivity index (χ0v) is 26.0. The highest BCUT2D eigenvalue weighted by molar-refractivity contribution is 7.86. The average molecular weight is 592 g/mol. The SMILES string of the molecule is Cc1ccc(NC(=O)CCC(C)[C@H]2CCC3C4C(C[C@H](O)[C@@]32C)[C@@]2(C)CC[C@@H](O)CC2C[C@H]4O)c(C)c1S(=O)(=O)O. The molecule has 4 aliphatic rings. The number of hydrogen-bond acceptors (Lipinski definition) is 6. The molecule has 0 aliphatic heterocycles. The van der Waals surface area contributed by atoms with E-state index in [0.29, 0.717) is 35.6 Å². The number of carbonyl (C=O) groups is 1. The number of anilines is 1. The van der Waals surface area contributed by atoms with E-state index in [1.807, 2.05) is 0 Å². The molecule has 4 saturated carbocycles. The van der Waals surface area contributed by atoms with Crippen LogP contribution in [-0.2, 0) is 14.9 Å². The maximum atomic E-state index is 13.0. The fourth-order valence-electron chi connectivity index (χ4n) is 10.3. The molecule has 0 bridgehead atoms. The third kappa shape index (κ3) is 5.17. The van der Waals surface area contributed by atoms with Gasteiger partial charge in [-0.05, 0) is 129 Å². The van der Waals surface area contributed by atoms with Gasteiger partial charge in [0.05, 0.1) is 18.3 Å². The molecule has 41 heavy (non-hydrogen) atoms. The number of benzene rings is 1. The standard InChI is InChI=1S/C32H49NO7S/c1-17(7-11-28(37)33-25-10-6-18(2)30(19(25)3)41(38,39)40)22-8-9-23-29-24(16-27(36)32(22,23)5)31(4)13-12-21(34)14-20(31)15-26(29)35/h6,10,17,20-24,26-27,29,34-36H,7-9,11-16H2,1-5H3,(H,33,37)(H,38,39,40)/t17?,20?,21-,22-,23?,24?,26-,27+,29?,31+,32-/m1/s1. The van der Waals surface area contributed by atoms with Crippen molar-refractivity contribution in [1.29, 1.82) is 0 Å². The van der Waals surface area contributed by atoms with Crippen LogP contribution in [0.2, 0.25) is 0 Å². The Bertz CT molecular complexity index is 1280. The van der Waals surface area contributed by atoms with Gasteiger partial charge in [0.25, 0.3) is 10.1 Å². The number of aliphatic hydroxyl groups excluding tert-OH is 3. The van der Waals surface area contributed by atoms with Crippen LogP contribution in [0.5, 0.6) is 0 Å². The van der Waals surface area contributed by atoms with Crippen LogP contribution in [0, 0.1) is 60.2 Å². The number of nitrogens with one attached hydrogen (secondary N) is 1. The molecule has 230 valence electrons. The van der Waals surface area contributed by atoms with E-state index >= 15 is 0 Å². The van der Waals surface area contributed by atoms with Crippen LogP contribution in [0.15, 0.2) is 17.0 Å². The van der Waals surface area contributed by atoms with Crippen LogP contribution in [0.4, 0.5) is 5.69 Å². The first-order chi connectivity index (χ1) is 19.1. The zero-order chi connectivity index (χ0) is 30.1. The highest BCUT2D eigenvalue weighted by Gasteiger charge is 2.65. The van der Waals surface area contributed by atoms with E-state index in [-0.39, 0.29) is 63.7 Å². The van der Waals surface area contributed by atoms with Crippen molar-refractivity contribution >= 4 is 21.7 Å². The van der Waals surface area contributed by atoms with Crippen molar-refractivity contribution < 1.29 is 33.1 Å². The molecule has 0 spiro atoms. The predicted molar refractivity (Wildman–Crippen MR) is 157 cm³/mol. The van der Waals surface area contributed by atoms with Gasteiger partial charge in [0.2, 0.25) is 5.91 Å². The third-order valence-corrected chi connectivity index (χ3v) is 13.6. The molecule has 0 saturated heterocycles. The molecule has 9 heteroatoms. The van der Waals surface area contributed by atoms with Gasteiger partial charge in [0, 0.05) is 12.1 Å². The molecular formula is C32H49NO7S. The number of rotatable bonds is 6. The molecule has 4 fully saturated rings. The molecule has 1 amide bonds. The van der Waals surface area contributed by atoms with Gasteiger partial charge in [-0.2, -0.15) is 8.42 Å². The lowest BCUT2D eigenvalue weighted by atomic mass is 9.43. The summed E-state index contributed by atoms with van der Waals surface area (Å²) in [6.07, 6.45) is 5.57. The van der Waals surface area contributed by atoms with Crippen LogP contribution in [0.1, 0.15) is 89.7 Å². The Hall–Kier alpha value is -1.52. The summed E-state index contributed by atoms with van der Waals surface area (Å²) in [4.78, 5) is 12.8. The minimum Gasteiger partial charge on any atom is -0.393 e. The maximum absolute atomic E-state index is 13.0. The van der Waals surface area contributed by atoms with Gasteiger partial charge in [-0.3, -0.25) is 9.35 Å². The van der Waals surface area contributed by atoms with Crippen molar-refractivity contribution in [3.8, 4) is 0 Å². The average Bonchev–Trinajstić information content (AvgIpc) is 3.24. The van der Waals surface area contributed by atoms with Gasteiger partial charge in [0.15, 0.2) is 0 Å². The lowest BCUT2D eigenvalue weighted by molar-refractivity contribution is -0.207. The second-order valence-electron chi connectivity index (χ2n) is 14.4. The second kappa shape index (κ2) is 10.9. The molecule has 8 nitrogen and oxygen atoms in total. The van der Waals surface area contributed by atoms with Crippen molar-refractivity contribution in [2.45, 2.75) is 116 Å². The fourth-order valence-corrected chi connectivity index (χ4v) is 11.2. The van der Waals surface area contributed by atoms with Gasteiger partial charge in [-0.1, -0.05) is 26.8 Å². The smallest absolute Gasteiger partial charge is 0.295 e. The predicted octanol–water partition coefficient (Wildman–Crippen LogP) is 4.87. The summed E-state index contributed by atoms with van der Waals surface area (Å²) in [6.45, 7) is 9.89. The molecule has 4 aliphatic carbocycles. The fraction of sp³-hybridized carbons (Fsp3) is 0.781. The first kappa shape index (κ1) is 30.9. The van der Waals surface area contributed by atoms with Gasteiger partial charge in [-0.25, -0.2) is 0 Å². The Labute approximate surface area is 245 Å². The lowest BCUT2D eigenvalue weighted by Crippen LogP contribution is -2.62. The third-order valence-electron chi connectivity index (χ3n) is 12.5. The summed E-state index contributed by atoms with van der Waals surface area (Å²) in [5.41, 5.74) is 0.817. The number of hydrogen-bond donors (Lipinski definition) is 5. The van der Waals surface area contributed by atoms with E-state index in [2.05, 4.69) is 26.1 Å². The molecule has 0 radical (unpaired) electrons. The number of aliphatic hydroxyl groups is 3. The van der Waals surface area contributed by atoms with Crippen LogP contribution in [-0.4, -0.2) is 52.5 Å². The molecule has 0 aromatic heterocycles. The molecule has 1 aromatic carbocycles. The van der Waals surface area contributed by atoms with Crippen molar-refractivity contribution in [3.05, 3.63) is 23.3 Å². The van der Waals surface area contributed by atoms with Crippen molar-refractivity contribution in [2.75, 3.05) is 5.32 Å². The van der Waals surface area contributed by atoms with E-state index < -0.39 is 22.3 Å². The first-order valence-electron chi connectivity index (χ1n) is 15.5. The van der Waals surface area contributed by atoms with E-state index in [1.54, 1.807) is 26.0 Å². The summed E-state index contributed by atoms with van der Waals surface area (Å²) in [5, 5.41) is 36.4. The molecule has 5 unspecified atom stereocenters. The van der Waals surface area contributed by atoms with Crippen molar-refractivity contribution in [2.24, 2.45) is 46.3 Å². The van der Waals surface area contributed by atoms with Gasteiger partial charge in [-0.15, -0.1) is 0 Å². The minimum absolute atomic E-state index is 0.0383. The lowest BCUT2D eigenvalue weighted by Gasteiger charge is -2.63. The first-order valence-corrected chi connectivity index (χ1v) is 16.9. The highest BCUT2D eigenvalue weighted by Crippen LogP contribution is 2.68. The molecule has 5 rings (SSSR count). The number of fused-ring (bicyclic) bond motifs is 5. The maximum Gasteiger partial charge on any atom is 0.295 e. The van der Waals surface area contributed by atoms with E-state index in [4.69, 9.17) is 0 Å². The normalized spacial score (nSPS) is 41.2. The summed E-state index contributed by atoms with van der Waals surface area (Å²) in [6, 6.07) is 3.23. The molecule has 0 heterocycles. The van der Waals surface area contributed by atoms with E-state index in [1.165, 1.54) is 0 Å². The van der Waals surface area contributed by atoms with Crippen LogP contribution < -0.4 is 5.32 Å². The van der Waals surface area contributed by atoms with Crippen molar-refractivity contribution in [1.82, 2.24) is 0 Å². The van der Waals surface area contributed by atoms with Crippen LogP contribution in [0.3, 0.4) is 0 Å². The molecule has 11 atom stereocenters. The molecule has 1 aromatic rings. The number of amides is 1. The van der Waals surface area contributed by atoms with Gasteiger partial charge in [0.1, 0.15) is 4.90 Å². The van der Waals surface area contributed by atoms with Crippen LogP contribution in [0.25, 0.3) is 0 Å². The molecule has 5 N–H and O–H groups in total. The Morgan fingerprint density at radius 3 is 2.44 bits per heavy atom. The monoisotopic (exact) mass is 591 g/mol. The van der Waals surface area contributed by atoms with Crippen molar-refractivity contribution in [3.63, 3.8) is 0 Å². The summed E-state index contributed by atoms with van der Waals surface area (Å²) in [7, 11) is -4.41. The van der Waals surface area contributed by atoms with Gasteiger partial charge >= 0.3 is 0 Å². The number of aryl methyl sites for hydroxylation is 1. The highest BCUT2D eigenvalue weighted by atomic mass is 32.2. The summed E-state index contributed by atoms with van der Waals surface area (Å²) in [5.74, 6) is 1.13. The summed E-state index contributed by atoms with van der Waals surface area (Å²) >= 11 is 0. The Morgan fingerprint density at radius 2 is 1.76 bits per heavy atom. The Morgan fingerprint density at radius 1 is 1.05 bits per heavy atom. The Kier molecular flexibility index (Phi) is 8.21. The minimum atomic E-state index is -4.41. The second-order valence-corrected chi connectivity index (χ2v) is 15.8. The topological polar surface area (TPSA) is 144 Å². The quantitative estimate of drug-likeness (QED) is 0.297. The Balaban J connectivity index is 1.27. The van der Waals surface area contributed by atoms with Crippen LogP contribution >= 0.6 is 0 Å².